The van der Waals surface area contributed by atoms with Gasteiger partial charge < -0.3 is 9.84 Å². The fraction of sp³-hybridized carbons (Fsp3) is 0.615. The van der Waals surface area contributed by atoms with Crippen molar-refractivity contribution in [2.75, 3.05) is 7.05 Å². The number of likely N-dealkylation sites (N-methyl/N-ethyl adjacent to an activating group) is 1. The molecule has 0 amide bonds. The first-order chi connectivity index (χ1) is 9.08. The van der Waals surface area contributed by atoms with Crippen LogP contribution in [0.4, 0.5) is 0 Å². The van der Waals surface area contributed by atoms with Crippen molar-refractivity contribution in [3.05, 3.63) is 18.3 Å². The van der Waals surface area contributed by atoms with E-state index in [1.165, 1.54) is 0 Å². The summed E-state index contributed by atoms with van der Waals surface area (Å²) in [6.07, 6.45) is 5.44. The summed E-state index contributed by atoms with van der Waals surface area (Å²) in [6.45, 7) is 4.42. The summed E-state index contributed by atoms with van der Waals surface area (Å²) < 4.78 is 7.03. The molecule has 0 spiro atoms. The fourth-order valence-electron chi connectivity index (χ4n) is 2.07. The van der Waals surface area contributed by atoms with Gasteiger partial charge in [0.25, 0.3) is 0 Å². The summed E-state index contributed by atoms with van der Waals surface area (Å²) in [7, 11) is 3.83. The summed E-state index contributed by atoms with van der Waals surface area (Å²) in [5.74, 6) is 1.90. The Hall–Kier alpha value is -1.69. The van der Waals surface area contributed by atoms with Gasteiger partial charge in [0, 0.05) is 25.7 Å². The Labute approximate surface area is 113 Å². The van der Waals surface area contributed by atoms with E-state index in [4.69, 9.17) is 4.52 Å². The second-order valence-electron chi connectivity index (χ2n) is 5.23. The summed E-state index contributed by atoms with van der Waals surface area (Å²) in [6, 6.07) is 0.363. The fourth-order valence-corrected chi connectivity index (χ4v) is 2.07. The van der Waals surface area contributed by atoms with E-state index in [2.05, 4.69) is 34.4 Å². The van der Waals surface area contributed by atoms with Crippen LogP contribution in [0.1, 0.15) is 26.2 Å². The Balaban J connectivity index is 2.04. The Morgan fingerprint density at radius 1 is 1.42 bits per heavy atom. The highest BCUT2D eigenvalue weighted by Gasteiger charge is 2.15. The van der Waals surface area contributed by atoms with E-state index in [9.17, 15) is 0 Å². The number of rotatable bonds is 6. The molecule has 0 radical (unpaired) electrons. The monoisotopic (exact) mass is 263 g/mol. The number of aromatic nitrogens is 4. The number of hydrogen-bond acceptors (Lipinski definition) is 5. The SMILES string of the molecule is CNC(Cc1nc(-c2cnn(C)c2)no1)CC(C)C. The average Bonchev–Trinajstić information content (AvgIpc) is 2.96. The summed E-state index contributed by atoms with van der Waals surface area (Å²) >= 11 is 0. The third-order valence-corrected chi connectivity index (χ3v) is 3.02. The highest BCUT2D eigenvalue weighted by Crippen LogP contribution is 2.16. The molecule has 1 atom stereocenters. The van der Waals surface area contributed by atoms with Gasteiger partial charge in [-0.25, -0.2) is 0 Å². The molecule has 6 heteroatoms. The second kappa shape index (κ2) is 5.97. The molecule has 0 aliphatic heterocycles. The third kappa shape index (κ3) is 3.64. The lowest BCUT2D eigenvalue weighted by Gasteiger charge is -2.15. The third-order valence-electron chi connectivity index (χ3n) is 3.02. The maximum absolute atomic E-state index is 5.30. The van der Waals surface area contributed by atoms with Gasteiger partial charge in [-0.05, 0) is 19.4 Å². The van der Waals surface area contributed by atoms with Gasteiger partial charge in [0.15, 0.2) is 0 Å². The molecular formula is C13H21N5O. The van der Waals surface area contributed by atoms with Crippen molar-refractivity contribution in [1.29, 1.82) is 0 Å². The normalized spacial score (nSPS) is 13.1. The van der Waals surface area contributed by atoms with Crippen LogP contribution in [0, 0.1) is 5.92 Å². The van der Waals surface area contributed by atoms with Crippen LogP contribution in [0.25, 0.3) is 11.4 Å². The molecule has 6 nitrogen and oxygen atoms in total. The van der Waals surface area contributed by atoms with Crippen LogP contribution in [-0.2, 0) is 13.5 Å². The molecule has 0 saturated heterocycles. The summed E-state index contributed by atoms with van der Waals surface area (Å²) in [4.78, 5) is 4.42. The Kier molecular flexibility index (Phi) is 4.31. The Morgan fingerprint density at radius 3 is 2.79 bits per heavy atom. The van der Waals surface area contributed by atoms with Gasteiger partial charge in [-0.1, -0.05) is 19.0 Å². The molecule has 0 fully saturated rings. The molecule has 0 aliphatic carbocycles. The van der Waals surface area contributed by atoms with E-state index < -0.39 is 0 Å². The second-order valence-corrected chi connectivity index (χ2v) is 5.23. The largest absolute Gasteiger partial charge is 0.339 e. The Morgan fingerprint density at radius 2 is 2.21 bits per heavy atom. The maximum atomic E-state index is 5.30. The molecule has 2 heterocycles. The lowest BCUT2D eigenvalue weighted by atomic mass is 10.0. The van der Waals surface area contributed by atoms with Crippen molar-refractivity contribution in [3.63, 3.8) is 0 Å². The average molecular weight is 263 g/mol. The first-order valence-electron chi connectivity index (χ1n) is 6.57. The lowest BCUT2D eigenvalue weighted by molar-refractivity contribution is 0.345. The number of nitrogens with zero attached hydrogens (tertiary/aromatic N) is 4. The zero-order valence-corrected chi connectivity index (χ0v) is 11.9. The van der Waals surface area contributed by atoms with Crippen LogP contribution < -0.4 is 5.32 Å². The van der Waals surface area contributed by atoms with Crippen LogP contribution in [0.3, 0.4) is 0 Å². The van der Waals surface area contributed by atoms with Crippen molar-refractivity contribution in [3.8, 4) is 11.4 Å². The number of hydrogen-bond donors (Lipinski definition) is 1. The quantitative estimate of drug-likeness (QED) is 0.858. The zero-order valence-electron chi connectivity index (χ0n) is 11.9. The molecule has 0 aromatic carbocycles. The van der Waals surface area contributed by atoms with Crippen molar-refractivity contribution in [2.24, 2.45) is 13.0 Å². The molecule has 1 N–H and O–H groups in total. The van der Waals surface area contributed by atoms with Crippen LogP contribution in [0.15, 0.2) is 16.9 Å². The molecule has 2 rings (SSSR count). The Bertz CT molecular complexity index is 517. The molecule has 104 valence electrons. The molecule has 1 unspecified atom stereocenters. The standard InChI is InChI=1S/C13H21N5O/c1-9(2)5-11(14-3)6-12-16-13(17-19-12)10-7-15-18(4)8-10/h7-9,11,14H,5-6H2,1-4H3. The molecule has 2 aromatic heterocycles. The van der Waals surface area contributed by atoms with E-state index in [0.717, 1.165) is 18.4 Å². The van der Waals surface area contributed by atoms with Crippen LogP contribution >= 0.6 is 0 Å². The lowest BCUT2D eigenvalue weighted by Crippen LogP contribution is -2.29. The van der Waals surface area contributed by atoms with Gasteiger partial charge in [0.2, 0.25) is 11.7 Å². The predicted molar refractivity (Wildman–Crippen MR) is 72.5 cm³/mol. The van der Waals surface area contributed by atoms with Gasteiger partial charge in [0.1, 0.15) is 0 Å². The van der Waals surface area contributed by atoms with Crippen molar-refractivity contribution >= 4 is 0 Å². The number of nitrogens with one attached hydrogen (secondary N) is 1. The van der Waals surface area contributed by atoms with E-state index in [-0.39, 0.29) is 0 Å². The number of aryl methyl sites for hydroxylation is 1. The van der Waals surface area contributed by atoms with Gasteiger partial charge in [-0.15, -0.1) is 0 Å². The first kappa shape index (κ1) is 13.7. The maximum Gasteiger partial charge on any atom is 0.228 e. The minimum absolute atomic E-state index is 0.363. The smallest absolute Gasteiger partial charge is 0.228 e. The molecule has 0 bridgehead atoms. The predicted octanol–water partition coefficient (Wildman–Crippen LogP) is 1.65. The highest BCUT2D eigenvalue weighted by molar-refractivity contribution is 5.50. The van der Waals surface area contributed by atoms with Crippen molar-refractivity contribution in [1.82, 2.24) is 25.2 Å². The van der Waals surface area contributed by atoms with Gasteiger partial charge in [0.05, 0.1) is 11.8 Å². The molecule has 0 aliphatic rings. The molecule has 2 aromatic rings. The molecule has 0 saturated carbocycles. The molecule has 19 heavy (non-hydrogen) atoms. The van der Waals surface area contributed by atoms with Crippen LogP contribution in [0.5, 0.6) is 0 Å². The summed E-state index contributed by atoms with van der Waals surface area (Å²) in [5.41, 5.74) is 0.877. The van der Waals surface area contributed by atoms with Crippen LogP contribution in [0.2, 0.25) is 0 Å². The van der Waals surface area contributed by atoms with E-state index >= 15 is 0 Å². The molecular weight excluding hydrogens is 242 g/mol. The van der Waals surface area contributed by atoms with E-state index in [1.807, 2.05) is 20.3 Å². The van der Waals surface area contributed by atoms with Crippen molar-refractivity contribution in [2.45, 2.75) is 32.7 Å². The topological polar surface area (TPSA) is 68.8 Å². The minimum Gasteiger partial charge on any atom is -0.339 e. The minimum atomic E-state index is 0.363. The first-order valence-corrected chi connectivity index (χ1v) is 6.57. The van der Waals surface area contributed by atoms with Gasteiger partial charge in [-0.3, -0.25) is 4.68 Å². The summed E-state index contributed by atoms with van der Waals surface area (Å²) in [5, 5.41) is 11.4. The van der Waals surface area contributed by atoms with Crippen molar-refractivity contribution < 1.29 is 4.52 Å². The van der Waals surface area contributed by atoms with Gasteiger partial charge >= 0.3 is 0 Å². The highest BCUT2D eigenvalue weighted by atomic mass is 16.5. The van der Waals surface area contributed by atoms with E-state index in [1.54, 1.807) is 10.9 Å². The van der Waals surface area contributed by atoms with Gasteiger partial charge in [-0.2, -0.15) is 10.1 Å². The van der Waals surface area contributed by atoms with Crippen LogP contribution in [-0.4, -0.2) is 33.0 Å². The van der Waals surface area contributed by atoms with E-state index in [0.29, 0.717) is 23.7 Å². The zero-order chi connectivity index (χ0) is 13.8.